The summed E-state index contributed by atoms with van der Waals surface area (Å²) in [6.07, 6.45) is 0. The Kier molecular flexibility index (Phi) is 7.00. The molecule has 10 rings (SSSR count). The van der Waals surface area contributed by atoms with Crippen molar-refractivity contribution in [3.05, 3.63) is 176 Å². The Morgan fingerprint density at radius 2 is 0.902 bits per heavy atom. The minimum Gasteiger partial charge on any atom is -0.208 e. The van der Waals surface area contributed by atoms with Gasteiger partial charge in [0.1, 0.15) is 0 Å². The van der Waals surface area contributed by atoms with E-state index in [1.807, 2.05) is 47.7 Å². The van der Waals surface area contributed by atoms with E-state index in [0.717, 1.165) is 16.7 Å². The van der Waals surface area contributed by atoms with Gasteiger partial charge >= 0.3 is 0 Å². The van der Waals surface area contributed by atoms with Crippen molar-refractivity contribution in [2.75, 3.05) is 0 Å². The summed E-state index contributed by atoms with van der Waals surface area (Å²) in [7, 11) is 0. The van der Waals surface area contributed by atoms with Gasteiger partial charge in [-0.2, -0.15) is 0 Å². The van der Waals surface area contributed by atoms with Gasteiger partial charge in [-0.15, -0.1) is 11.3 Å². The normalized spacial score (nSPS) is 11.5. The first-order chi connectivity index (χ1) is 25.3. The summed E-state index contributed by atoms with van der Waals surface area (Å²) in [6, 6.07) is 62.2. The average molecular weight is 668 g/mol. The van der Waals surface area contributed by atoms with Crippen LogP contribution in [0.3, 0.4) is 0 Å². The van der Waals surface area contributed by atoms with E-state index in [0.29, 0.717) is 17.5 Å². The molecule has 238 valence electrons. The number of rotatable bonds is 5. The summed E-state index contributed by atoms with van der Waals surface area (Å²) < 4.78 is 2.41. The van der Waals surface area contributed by atoms with Crippen molar-refractivity contribution in [2.24, 2.45) is 0 Å². The minimum atomic E-state index is 0.664. The molecule has 10 aromatic rings. The second kappa shape index (κ2) is 12.1. The highest BCUT2D eigenvalue weighted by Crippen LogP contribution is 2.45. The van der Waals surface area contributed by atoms with E-state index in [4.69, 9.17) is 15.0 Å². The first kappa shape index (κ1) is 29.4. The zero-order valence-corrected chi connectivity index (χ0v) is 28.3. The quantitative estimate of drug-likeness (QED) is 0.183. The molecule has 51 heavy (non-hydrogen) atoms. The molecule has 0 aliphatic heterocycles. The summed E-state index contributed by atoms with van der Waals surface area (Å²) in [6.45, 7) is 0. The van der Waals surface area contributed by atoms with Gasteiger partial charge in [-0.05, 0) is 62.0 Å². The fraction of sp³-hybridized carbons (Fsp3) is 0. The molecule has 0 fully saturated rings. The zero-order chi connectivity index (χ0) is 33.7. The first-order valence-electron chi connectivity index (χ1n) is 17.1. The third kappa shape index (κ3) is 5.16. The molecule has 3 nitrogen and oxygen atoms in total. The summed E-state index contributed by atoms with van der Waals surface area (Å²) >= 11 is 1.81. The molecule has 0 N–H and O–H groups in total. The van der Waals surface area contributed by atoms with E-state index in [-0.39, 0.29) is 0 Å². The van der Waals surface area contributed by atoms with Crippen LogP contribution in [-0.2, 0) is 0 Å². The second-order valence-corrected chi connectivity index (χ2v) is 13.9. The molecular weight excluding hydrogens is 639 g/mol. The van der Waals surface area contributed by atoms with Crippen molar-refractivity contribution in [3.63, 3.8) is 0 Å². The molecule has 2 heterocycles. The maximum absolute atomic E-state index is 5.08. The Hall–Kier alpha value is -6.49. The molecule has 0 amide bonds. The Morgan fingerprint density at radius 1 is 0.333 bits per heavy atom. The van der Waals surface area contributed by atoms with Crippen molar-refractivity contribution in [1.29, 1.82) is 0 Å². The maximum Gasteiger partial charge on any atom is 0.165 e. The van der Waals surface area contributed by atoms with E-state index in [1.54, 1.807) is 0 Å². The molecular formula is C47H29N3S. The Balaban J connectivity index is 1.14. The van der Waals surface area contributed by atoms with Crippen LogP contribution in [0.2, 0.25) is 0 Å². The van der Waals surface area contributed by atoms with Crippen LogP contribution in [0.25, 0.3) is 98.1 Å². The first-order valence-corrected chi connectivity index (χ1v) is 17.9. The van der Waals surface area contributed by atoms with Crippen LogP contribution in [0.5, 0.6) is 0 Å². The van der Waals surface area contributed by atoms with Crippen molar-refractivity contribution >= 4 is 53.1 Å². The van der Waals surface area contributed by atoms with Crippen LogP contribution in [0.4, 0.5) is 0 Å². The van der Waals surface area contributed by atoms with Gasteiger partial charge < -0.3 is 0 Å². The highest BCUT2D eigenvalue weighted by molar-refractivity contribution is 7.26. The number of hydrogen-bond acceptors (Lipinski definition) is 4. The van der Waals surface area contributed by atoms with Crippen LogP contribution < -0.4 is 0 Å². The number of nitrogens with zero attached hydrogens (tertiary/aromatic N) is 3. The molecule has 0 saturated heterocycles. The van der Waals surface area contributed by atoms with E-state index < -0.39 is 0 Å². The third-order valence-corrected chi connectivity index (χ3v) is 10.9. The van der Waals surface area contributed by atoms with Crippen LogP contribution in [0.1, 0.15) is 0 Å². The van der Waals surface area contributed by atoms with Gasteiger partial charge in [0.05, 0.1) is 0 Å². The van der Waals surface area contributed by atoms with Crippen molar-refractivity contribution < 1.29 is 0 Å². The van der Waals surface area contributed by atoms with Gasteiger partial charge in [-0.1, -0.05) is 158 Å². The lowest BCUT2D eigenvalue weighted by molar-refractivity contribution is 1.08. The highest BCUT2D eigenvalue weighted by atomic mass is 32.1. The van der Waals surface area contributed by atoms with Crippen LogP contribution in [0.15, 0.2) is 176 Å². The predicted octanol–water partition coefficient (Wildman–Crippen LogP) is 12.9. The molecule has 0 aliphatic carbocycles. The molecule has 0 radical (unpaired) electrons. The van der Waals surface area contributed by atoms with Crippen molar-refractivity contribution in [3.8, 4) is 56.4 Å². The molecule has 8 aromatic carbocycles. The van der Waals surface area contributed by atoms with E-state index in [9.17, 15) is 0 Å². The van der Waals surface area contributed by atoms with Crippen molar-refractivity contribution in [2.45, 2.75) is 0 Å². The number of benzene rings is 8. The average Bonchev–Trinajstić information content (AvgIpc) is 3.60. The number of fused-ring (bicyclic) bond motifs is 6. The molecule has 4 heteroatoms. The molecule has 0 aliphatic rings. The van der Waals surface area contributed by atoms with Crippen LogP contribution in [-0.4, -0.2) is 15.0 Å². The molecule has 0 spiro atoms. The molecule has 0 saturated carbocycles. The van der Waals surface area contributed by atoms with Gasteiger partial charge in [-0.3, -0.25) is 0 Å². The zero-order valence-electron chi connectivity index (χ0n) is 27.5. The van der Waals surface area contributed by atoms with Gasteiger partial charge in [0.2, 0.25) is 0 Å². The summed E-state index contributed by atoms with van der Waals surface area (Å²) in [5, 5.41) is 7.48. The lowest BCUT2D eigenvalue weighted by atomic mass is 9.93. The van der Waals surface area contributed by atoms with Crippen molar-refractivity contribution in [1.82, 2.24) is 15.0 Å². The fourth-order valence-corrected chi connectivity index (χ4v) is 8.48. The number of thiophene rings is 1. The molecule has 2 aromatic heterocycles. The van der Waals surface area contributed by atoms with Gasteiger partial charge in [0.25, 0.3) is 0 Å². The predicted molar refractivity (Wildman–Crippen MR) is 215 cm³/mol. The minimum absolute atomic E-state index is 0.664. The Morgan fingerprint density at radius 3 is 1.63 bits per heavy atom. The maximum atomic E-state index is 5.08. The standard InChI is InChI=1S/C47H29N3S/c1-3-13-33(14-4-1)45-48-46(34-15-5-2-6-16-34)50-47(49-45)40-21-11-20-39-43-38-19-10-9-18-37(38)41(29-42(43)51-44(39)40)32-25-22-31(23-26-32)36-27-24-30-12-7-8-17-35(30)28-36/h1-29H. The topological polar surface area (TPSA) is 38.7 Å². The lowest BCUT2D eigenvalue weighted by Crippen LogP contribution is -2.00. The largest absolute Gasteiger partial charge is 0.208 e. The lowest BCUT2D eigenvalue weighted by Gasteiger charge is -2.11. The summed E-state index contributed by atoms with van der Waals surface area (Å²) in [5.74, 6) is 2.00. The fourth-order valence-electron chi connectivity index (χ4n) is 7.22. The SMILES string of the molecule is c1ccc(-c2nc(-c3ccccc3)nc(-c3cccc4c3sc3cc(-c5ccc(-c6ccc7ccccc7c6)cc5)c5ccccc5c34)n2)cc1. The van der Waals surface area contributed by atoms with E-state index in [2.05, 4.69) is 140 Å². The number of aromatic nitrogens is 3. The smallest absolute Gasteiger partial charge is 0.165 e. The van der Waals surface area contributed by atoms with Crippen LogP contribution >= 0.6 is 11.3 Å². The highest BCUT2D eigenvalue weighted by Gasteiger charge is 2.19. The number of hydrogen-bond donors (Lipinski definition) is 0. The summed E-state index contributed by atoms with van der Waals surface area (Å²) in [5.41, 5.74) is 7.80. The van der Waals surface area contributed by atoms with Gasteiger partial charge in [0.15, 0.2) is 17.5 Å². The van der Waals surface area contributed by atoms with E-state index in [1.165, 1.54) is 64.0 Å². The Labute approximate surface area is 299 Å². The van der Waals surface area contributed by atoms with Gasteiger partial charge in [0, 0.05) is 36.9 Å². The molecule has 0 bridgehead atoms. The molecule has 0 unspecified atom stereocenters. The molecule has 0 atom stereocenters. The second-order valence-electron chi connectivity index (χ2n) is 12.8. The Bertz CT molecular complexity index is 2840. The van der Waals surface area contributed by atoms with E-state index >= 15 is 0 Å². The monoisotopic (exact) mass is 667 g/mol. The van der Waals surface area contributed by atoms with Crippen LogP contribution in [0, 0.1) is 0 Å². The summed E-state index contributed by atoms with van der Waals surface area (Å²) in [4.78, 5) is 15.1. The third-order valence-electron chi connectivity index (χ3n) is 9.72. The van der Waals surface area contributed by atoms with Gasteiger partial charge in [-0.25, -0.2) is 15.0 Å².